The number of rotatable bonds is 5. The fourth-order valence-corrected chi connectivity index (χ4v) is 1.84. The number of hydrogen-bond acceptors (Lipinski definition) is 6. The second kappa shape index (κ2) is 6.16. The van der Waals surface area contributed by atoms with Gasteiger partial charge in [-0.15, -0.1) is 5.10 Å². The number of nitrogens with two attached hydrogens (primary N) is 1. The first-order chi connectivity index (χ1) is 9.65. The number of aromatic nitrogens is 2. The molecule has 0 aliphatic rings. The van der Waals surface area contributed by atoms with E-state index in [1.807, 2.05) is 6.07 Å². The molecule has 6 nitrogen and oxygen atoms in total. The van der Waals surface area contributed by atoms with E-state index >= 15 is 0 Å². The lowest BCUT2D eigenvalue weighted by atomic mass is 10.2. The minimum Gasteiger partial charge on any atom is -0.493 e. The van der Waals surface area contributed by atoms with Crippen LogP contribution in [0.1, 0.15) is 5.56 Å². The van der Waals surface area contributed by atoms with Gasteiger partial charge in [0.05, 0.1) is 26.0 Å². The van der Waals surface area contributed by atoms with Crippen LogP contribution in [0, 0.1) is 0 Å². The van der Waals surface area contributed by atoms with Crippen LogP contribution in [-0.4, -0.2) is 29.4 Å². The van der Waals surface area contributed by atoms with Crippen LogP contribution < -0.4 is 20.5 Å². The summed E-state index contributed by atoms with van der Waals surface area (Å²) in [6.07, 6.45) is 1.54. The Hall–Kier alpha value is -2.41. The summed E-state index contributed by atoms with van der Waals surface area (Å²) in [4.78, 5) is 0.253. The van der Waals surface area contributed by atoms with Gasteiger partial charge in [-0.25, -0.2) is 0 Å². The number of benzene rings is 1. The van der Waals surface area contributed by atoms with Gasteiger partial charge in [0.25, 0.3) is 0 Å². The smallest absolute Gasteiger partial charge is 0.163 e. The van der Waals surface area contributed by atoms with Crippen molar-refractivity contribution >= 4 is 28.7 Å². The Kier molecular flexibility index (Phi) is 4.31. The van der Waals surface area contributed by atoms with Crippen LogP contribution in [0.5, 0.6) is 11.5 Å². The average Bonchev–Trinajstić information content (AvgIpc) is 2.47. The third-order valence-electron chi connectivity index (χ3n) is 2.63. The van der Waals surface area contributed by atoms with Crippen LogP contribution in [0.3, 0.4) is 0 Å². The number of ether oxygens (including phenoxy) is 2. The number of methoxy groups -OCH3 is 2. The Morgan fingerprint density at radius 3 is 2.60 bits per heavy atom. The van der Waals surface area contributed by atoms with E-state index in [-0.39, 0.29) is 4.99 Å². The van der Waals surface area contributed by atoms with Crippen molar-refractivity contribution in [2.75, 3.05) is 19.5 Å². The first kappa shape index (κ1) is 14.0. The van der Waals surface area contributed by atoms with Gasteiger partial charge in [-0.1, -0.05) is 12.2 Å². The van der Waals surface area contributed by atoms with E-state index in [1.165, 1.54) is 6.20 Å². The number of nitrogens with zero attached hydrogens (tertiary/aromatic N) is 2. The number of thiocarbonyl (C=S) groups is 1. The summed E-state index contributed by atoms with van der Waals surface area (Å²) in [6, 6.07) is 7.12. The summed E-state index contributed by atoms with van der Waals surface area (Å²) >= 11 is 4.98. The van der Waals surface area contributed by atoms with E-state index < -0.39 is 0 Å². The highest BCUT2D eigenvalue weighted by molar-refractivity contribution is 7.80. The third-order valence-corrected chi connectivity index (χ3v) is 2.85. The van der Waals surface area contributed by atoms with Gasteiger partial charge in [0.2, 0.25) is 0 Å². The molecule has 3 N–H and O–H groups in total. The van der Waals surface area contributed by atoms with Crippen LogP contribution in [-0.2, 0) is 0 Å². The van der Waals surface area contributed by atoms with E-state index in [1.54, 1.807) is 32.4 Å². The standard InChI is InChI=1S/C13H14N4O2S/c1-18-10-4-3-8(7-11(10)19-2)16-13-9(12(14)20)5-6-15-17-13/h3-7H,1-2H3,(H2,14,20)(H,16,17). The molecule has 0 saturated carbocycles. The predicted molar refractivity (Wildman–Crippen MR) is 80.7 cm³/mol. The quantitative estimate of drug-likeness (QED) is 0.813. The lowest BCUT2D eigenvalue weighted by molar-refractivity contribution is 0.355. The minimum atomic E-state index is 0.253. The maximum absolute atomic E-state index is 5.65. The number of anilines is 2. The molecule has 1 heterocycles. The molecule has 0 saturated heterocycles. The van der Waals surface area contributed by atoms with Gasteiger partial charge in [-0.05, 0) is 18.2 Å². The predicted octanol–water partition coefficient (Wildman–Crippen LogP) is 1.87. The molecule has 2 rings (SSSR count). The summed E-state index contributed by atoms with van der Waals surface area (Å²) in [6.45, 7) is 0. The van der Waals surface area contributed by atoms with E-state index in [9.17, 15) is 0 Å². The summed E-state index contributed by atoms with van der Waals surface area (Å²) in [5.41, 5.74) is 7.04. The Morgan fingerprint density at radius 2 is 1.95 bits per heavy atom. The molecule has 0 aliphatic heterocycles. The normalized spacial score (nSPS) is 9.90. The van der Waals surface area contributed by atoms with Crippen LogP contribution >= 0.6 is 12.2 Å². The second-order valence-corrected chi connectivity index (χ2v) is 4.29. The Labute approximate surface area is 121 Å². The molecule has 0 aliphatic carbocycles. The molecule has 20 heavy (non-hydrogen) atoms. The van der Waals surface area contributed by atoms with Gasteiger partial charge >= 0.3 is 0 Å². The first-order valence-electron chi connectivity index (χ1n) is 5.76. The van der Waals surface area contributed by atoms with Crippen molar-refractivity contribution in [1.82, 2.24) is 10.2 Å². The summed E-state index contributed by atoms with van der Waals surface area (Å²) in [5, 5.41) is 10.9. The van der Waals surface area contributed by atoms with Gasteiger partial charge in [0, 0.05) is 11.8 Å². The highest BCUT2D eigenvalue weighted by Crippen LogP contribution is 2.31. The van der Waals surface area contributed by atoms with Crippen molar-refractivity contribution in [2.24, 2.45) is 5.73 Å². The highest BCUT2D eigenvalue weighted by Gasteiger charge is 2.09. The van der Waals surface area contributed by atoms with Crippen molar-refractivity contribution in [3.8, 4) is 11.5 Å². The summed E-state index contributed by atoms with van der Waals surface area (Å²) < 4.78 is 10.4. The third kappa shape index (κ3) is 2.94. The highest BCUT2D eigenvalue weighted by atomic mass is 32.1. The zero-order valence-electron chi connectivity index (χ0n) is 11.1. The molecule has 0 fully saturated rings. The topological polar surface area (TPSA) is 82.3 Å². The van der Waals surface area contributed by atoms with Crippen LogP contribution in [0.4, 0.5) is 11.5 Å². The van der Waals surface area contributed by atoms with Crippen molar-refractivity contribution in [3.63, 3.8) is 0 Å². The molecule has 0 unspecified atom stereocenters. The molecule has 1 aromatic heterocycles. The lowest BCUT2D eigenvalue weighted by Crippen LogP contribution is -2.13. The molecule has 0 bridgehead atoms. The maximum Gasteiger partial charge on any atom is 0.163 e. The number of nitrogens with one attached hydrogen (secondary N) is 1. The Morgan fingerprint density at radius 1 is 1.20 bits per heavy atom. The average molecular weight is 290 g/mol. The van der Waals surface area contributed by atoms with E-state index in [0.717, 1.165) is 5.69 Å². The second-order valence-electron chi connectivity index (χ2n) is 3.85. The van der Waals surface area contributed by atoms with Crippen LogP contribution in [0.25, 0.3) is 0 Å². The van der Waals surface area contributed by atoms with Gasteiger partial charge in [0.15, 0.2) is 17.3 Å². The minimum absolute atomic E-state index is 0.253. The summed E-state index contributed by atoms with van der Waals surface area (Å²) in [7, 11) is 3.16. The fourth-order valence-electron chi connectivity index (χ4n) is 1.67. The van der Waals surface area contributed by atoms with Gasteiger partial charge in [0.1, 0.15) is 4.99 Å². The van der Waals surface area contributed by atoms with Gasteiger partial charge < -0.3 is 20.5 Å². The molecule has 0 spiro atoms. The first-order valence-corrected chi connectivity index (χ1v) is 6.17. The monoisotopic (exact) mass is 290 g/mol. The molecule has 0 radical (unpaired) electrons. The molecule has 0 atom stereocenters. The molecular weight excluding hydrogens is 276 g/mol. The Balaban J connectivity index is 2.33. The fraction of sp³-hybridized carbons (Fsp3) is 0.154. The molecule has 0 amide bonds. The van der Waals surface area contributed by atoms with Crippen LogP contribution in [0.2, 0.25) is 0 Å². The molecule has 2 aromatic rings. The molecule has 7 heteroatoms. The van der Waals surface area contributed by atoms with Crippen molar-refractivity contribution in [2.45, 2.75) is 0 Å². The van der Waals surface area contributed by atoms with E-state index in [0.29, 0.717) is 22.9 Å². The molecular formula is C13H14N4O2S. The summed E-state index contributed by atoms with van der Waals surface area (Å²) in [5.74, 6) is 1.75. The molecule has 104 valence electrons. The van der Waals surface area contributed by atoms with Crippen LogP contribution in [0.15, 0.2) is 30.5 Å². The molecule has 1 aromatic carbocycles. The van der Waals surface area contributed by atoms with E-state index in [2.05, 4.69) is 15.5 Å². The SMILES string of the molecule is COc1ccc(Nc2nnccc2C(N)=S)cc1OC. The Bertz CT molecular complexity index is 634. The van der Waals surface area contributed by atoms with Gasteiger partial charge in [-0.3, -0.25) is 0 Å². The van der Waals surface area contributed by atoms with E-state index in [4.69, 9.17) is 27.4 Å². The zero-order valence-corrected chi connectivity index (χ0v) is 11.9. The van der Waals surface area contributed by atoms with Crippen molar-refractivity contribution in [1.29, 1.82) is 0 Å². The van der Waals surface area contributed by atoms with Crippen molar-refractivity contribution in [3.05, 3.63) is 36.0 Å². The van der Waals surface area contributed by atoms with Crippen molar-refractivity contribution < 1.29 is 9.47 Å². The largest absolute Gasteiger partial charge is 0.493 e. The number of hydrogen-bond donors (Lipinski definition) is 2. The van der Waals surface area contributed by atoms with Gasteiger partial charge in [-0.2, -0.15) is 5.10 Å². The zero-order chi connectivity index (χ0) is 14.5. The lowest BCUT2D eigenvalue weighted by Gasteiger charge is -2.12. The maximum atomic E-state index is 5.65.